The standard InChI is InChI=1S/C13H17BrN4/c1-8-7-15-18(5)11(8)9-6-10(14)17-12(16-9)13(2,3)4/h6-7H,1-5H3. The lowest BCUT2D eigenvalue weighted by molar-refractivity contribution is 0.544. The predicted molar refractivity (Wildman–Crippen MR) is 75.4 cm³/mol. The van der Waals surface area contributed by atoms with Crippen molar-refractivity contribution in [2.24, 2.45) is 7.05 Å². The maximum Gasteiger partial charge on any atom is 0.135 e. The molecule has 0 unspecified atom stereocenters. The molecule has 0 aromatic carbocycles. The third kappa shape index (κ3) is 2.46. The van der Waals surface area contributed by atoms with Crippen LogP contribution in [0.3, 0.4) is 0 Å². The smallest absolute Gasteiger partial charge is 0.135 e. The largest absolute Gasteiger partial charge is 0.266 e. The van der Waals surface area contributed by atoms with E-state index in [1.165, 1.54) is 0 Å². The molecular weight excluding hydrogens is 292 g/mol. The lowest BCUT2D eigenvalue weighted by atomic mass is 9.95. The van der Waals surface area contributed by atoms with E-state index < -0.39 is 0 Å². The van der Waals surface area contributed by atoms with Crippen LogP contribution in [0.5, 0.6) is 0 Å². The van der Waals surface area contributed by atoms with Crippen LogP contribution in [0.25, 0.3) is 11.4 Å². The fraction of sp³-hybridized carbons (Fsp3) is 0.462. The van der Waals surface area contributed by atoms with Gasteiger partial charge in [0.2, 0.25) is 0 Å². The molecule has 2 heterocycles. The molecule has 0 aliphatic heterocycles. The Morgan fingerprint density at radius 3 is 2.39 bits per heavy atom. The number of aryl methyl sites for hydroxylation is 2. The molecule has 0 saturated carbocycles. The molecule has 0 atom stereocenters. The number of rotatable bonds is 1. The number of aromatic nitrogens is 4. The van der Waals surface area contributed by atoms with Crippen molar-refractivity contribution >= 4 is 15.9 Å². The van der Waals surface area contributed by atoms with Crippen LogP contribution in [-0.2, 0) is 12.5 Å². The van der Waals surface area contributed by atoms with Crippen molar-refractivity contribution in [2.75, 3.05) is 0 Å². The maximum absolute atomic E-state index is 4.67. The Kier molecular flexibility index (Phi) is 3.27. The molecule has 0 amide bonds. The zero-order chi connectivity index (χ0) is 13.5. The lowest BCUT2D eigenvalue weighted by Crippen LogP contribution is -2.17. The van der Waals surface area contributed by atoms with Gasteiger partial charge in [0.25, 0.3) is 0 Å². The van der Waals surface area contributed by atoms with Crippen LogP contribution in [0.15, 0.2) is 16.9 Å². The average molecular weight is 309 g/mol. The second kappa shape index (κ2) is 4.46. The Bertz CT molecular complexity index is 562. The zero-order valence-electron chi connectivity index (χ0n) is 11.3. The molecule has 0 radical (unpaired) electrons. The summed E-state index contributed by atoms with van der Waals surface area (Å²) in [5.74, 6) is 0.826. The third-order valence-corrected chi connectivity index (χ3v) is 3.14. The van der Waals surface area contributed by atoms with Crippen LogP contribution in [0.4, 0.5) is 0 Å². The van der Waals surface area contributed by atoms with Gasteiger partial charge in [0.1, 0.15) is 10.4 Å². The second-order valence-corrected chi connectivity index (χ2v) is 6.26. The molecule has 2 rings (SSSR count). The van der Waals surface area contributed by atoms with Gasteiger partial charge in [-0.15, -0.1) is 0 Å². The first-order chi connectivity index (χ1) is 8.29. The van der Waals surface area contributed by atoms with Crippen molar-refractivity contribution in [3.8, 4) is 11.4 Å². The molecule has 96 valence electrons. The minimum atomic E-state index is -0.0783. The minimum Gasteiger partial charge on any atom is -0.266 e. The van der Waals surface area contributed by atoms with Gasteiger partial charge in [0.15, 0.2) is 0 Å². The summed E-state index contributed by atoms with van der Waals surface area (Å²) < 4.78 is 2.65. The molecule has 0 aliphatic rings. The van der Waals surface area contributed by atoms with E-state index in [0.29, 0.717) is 0 Å². The fourth-order valence-electron chi connectivity index (χ4n) is 1.79. The lowest BCUT2D eigenvalue weighted by Gasteiger charge is -2.17. The Morgan fingerprint density at radius 1 is 1.22 bits per heavy atom. The Labute approximate surface area is 116 Å². The summed E-state index contributed by atoms with van der Waals surface area (Å²) >= 11 is 3.46. The van der Waals surface area contributed by atoms with Crippen molar-refractivity contribution in [2.45, 2.75) is 33.1 Å². The molecule has 2 aromatic rings. The first-order valence-corrected chi connectivity index (χ1v) is 6.62. The van der Waals surface area contributed by atoms with Gasteiger partial charge < -0.3 is 0 Å². The summed E-state index contributed by atoms with van der Waals surface area (Å²) in [6.45, 7) is 8.35. The minimum absolute atomic E-state index is 0.0783. The summed E-state index contributed by atoms with van der Waals surface area (Å²) in [7, 11) is 1.93. The highest BCUT2D eigenvalue weighted by atomic mass is 79.9. The fourth-order valence-corrected chi connectivity index (χ4v) is 2.17. The second-order valence-electron chi connectivity index (χ2n) is 5.45. The monoisotopic (exact) mass is 308 g/mol. The highest BCUT2D eigenvalue weighted by Crippen LogP contribution is 2.26. The van der Waals surface area contributed by atoms with Gasteiger partial charge in [0.05, 0.1) is 17.6 Å². The molecule has 0 aliphatic carbocycles. The van der Waals surface area contributed by atoms with Crippen molar-refractivity contribution in [1.29, 1.82) is 0 Å². The quantitative estimate of drug-likeness (QED) is 0.760. The molecule has 5 heteroatoms. The van der Waals surface area contributed by atoms with E-state index >= 15 is 0 Å². The van der Waals surface area contributed by atoms with Gasteiger partial charge in [-0.1, -0.05) is 20.8 Å². The molecule has 0 spiro atoms. The van der Waals surface area contributed by atoms with E-state index in [4.69, 9.17) is 0 Å². The molecule has 4 nitrogen and oxygen atoms in total. The topological polar surface area (TPSA) is 43.6 Å². The first kappa shape index (κ1) is 13.2. The van der Waals surface area contributed by atoms with Gasteiger partial charge in [0, 0.05) is 12.5 Å². The third-order valence-electron chi connectivity index (χ3n) is 2.73. The molecule has 0 bridgehead atoms. The number of hydrogen-bond donors (Lipinski definition) is 0. The van der Waals surface area contributed by atoms with Crippen molar-refractivity contribution in [3.05, 3.63) is 28.3 Å². The molecule has 2 aromatic heterocycles. The summed E-state index contributed by atoms with van der Waals surface area (Å²) in [5, 5.41) is 4.26. The Hall–Kier alpha value is -1.23. The van der Waals surface area contributed by atoms with Crippen LogP contribution in [-0.4, -0.2) is 19.7 Å². The molecule has 0 saturated heterocycles. The molecule has 0 fully saturated rings. The van der Waals surface area contributed by atoms with Gasteiger partial charge in [-0.25, -0.2) is 9.97 Å². The van der Waals surface area contributed by atoms with Crippen molar-refractivity contribution in [1.82, 2.24) is 19.7 Å². The van der Waals surface area contributed by atoms with Gasteiger partial charge in [-0.2, -0.15) is 5.10 Å². The van der Waals surface area contributed by atoms with Crippen molar-refractivity contribution < 1.29 is 0 Å². The number of hydrogen-bond acceptors (Lipinski definition) is 3. The summed E-state index contributed by atoms with van der Waals surface area (Å²) in [6.07, 6.45) is 1.85. The van der Waals surface area contributed by atoms with Gasteiger partial charge in [-0.05, 0) is 34.5 Å². The van der Waals surface area contributed by atoms with E-state index in [2.05, 4.69) is 51.8 Å². The number of nitrogens with zero attached hydrogens (tertiary/aromatic N) is 4. The van der Waals surface area contributed by atoms with E-state index in [0.717, 1.165) is 27.4 Å². The van der Waals surface area contributed by atoms with Crippen LogP contribution >= 0.6 is 15.9 Å². The summed E-state index contributed by atoms with van der Waals surface area (Å²) in [6, 6.07) is 1.93. The zero-order valence-corrected chi connectivity index (χ0v) is 12.9. The maximum atomic E-state index is 4.67. The predicted octanol–water partition coefficient (Wildman–Crippen LogP) is 3.25. The molecular formula is C13H17BrN4. The van der Waals surface area contributed by atoms with Crippen LogP contribution in [0, 0.1) is 6.92 Å². The highest BCUT2D eigenvalue weighted by molar-refractivity contribution is 9.10. The van der Waals surface area contributed by atoms with Crippen LogP contribution < -0.4 is 0 Å². The Balaban J connectivity index is 2.63. The van der Waals surface area contributed by atoms with Crippen molar-refractivity contribution in [3.63, 3.8) is 0 Å². The summed E-state index contributed by atoms with van der Waals surface area (Å²) in [4.78, 5) is 9.12. The van der Waals surface area contributed by atoms with Gasteiger partial charge >= 0.3 is 0 Å². The van der Waals surface area contributed by atoms with Crippen LogP contribution in [0.2, 0.25) is 0 Å². The number of halogens is 1. The summed E-state index contributed by atoms with van der Waals surface area (Å²) in [5.41, 5.74) is 2.97. The Morgan fingerprint density at radius 2 is 1.89 bits per heavy atom. The molecule has 18 heavy (non-hydrogen) atoms. The normalized spacial score (nSPS) is 11.9. The first-order valence-electron chi connectivity index (χ1n) is 5.83. The van der Waals surface area contributed by atoms with E-state index in [1.807, 2.05) is 30.9 Å². The highest BCUT2D eigenvalue weighted by Gasteiger charge is 2.20. The van der Waals surface area contributed by atoms with E-state index in [1.54, 1.807) is 0 Å². The van der Waals surface area contributed by atoms with Gasteiger partial charge in [-0.3, -0.25) is 4.68 Å². The molecule has 0 N–H and O–H groups in total. The van der Waals surface area contributed by atoms with Crippen LogP contribution in [0.1, 0.15) is 32.2 Å². The SMILES string of the molecule is Cc1cnn(C)c1-c1cc(Br)nc(C(C)(C)C)n1. The average Bonchev–Trinajstić information content (AvgIpc) is 2.56. The van der Waals surface area contributed by atoms with E-state index in [9.17, 15) is 0 Å². The van der Waals surface area contributed by atoms with E-state index in [-0.39, 0.29) is 5.41 Å².